The van der Waals surface area contributed by atoms with E-state index in [0.717, 1.165) is 25.7 Å². The molecule has 332 valence electrons. The van der Waals surface area contributed by atoms with E-state index >= 15 is 0 Å². The summed E-state index contributed by atoms with van der Waals surface area (Å²) in [6, 6.07) is 0. The first-order chi connectivity index (χ1) is 27.7. The first-order valence-corrected chi connectivity index (χ1v) is 25.4. The van der Waals surface area contributed by atoms with Gasteiger partial charge in [0, 0.05) is 13.0 Å². The number of rotatable bonds is 48. The Morgan fingerprint density at radius 2 is 0.750 bits per heavy atom. The Kier molecular flexibility index (Phi) is 49.0. The number of carbonyl (C=O) groups excluding carboxylic acids is 1. The standard InChI is InChI=1S/C52H100O4/c1-3-5-7-9-11-13-15-17-19-21-23-24-25-26-27-28-29-31-33-35-37-39-41-43-45-47-52(54)56-51(49-53)50-55-48-46-44-42-40-38-36-34-32-30-22-20-18-16-14-12-10-8-6-4-2/h15,17,21,23,51,53H,3-14,16,18-20,22,24-50H2,1-2H3/b17-15-,23-21-. The van der Waals surface area contributed by atoms with E-state index in [-0.39, 0.29) is 12.6 Å². The molecule has 0 amide bonds. The van der Waals surface area contributed by atoms with Gasteiger partial charge in [-0.1, -0.05) is 250 Å². The lowest BCUT2D eigenvalue weighted by Crippen LogP contribution is -2.27. The van der Waals surface area contributed by atoms with Crippen molar-refractivity contribution in [2.45, 2.75) is 283 Å². The van der Waals surface area contributed by atoms with Crippen LogP contribution >= 0.6 is 0 Å². The van der Waals surface area contributed by atoms with E-state index in [1.807, 2.05) is 0 Å². The Balaban J connectivity index is 3.36. The largest absolute Gasteiger partial charge is 0.457 e. The van der Waals surface area contributed by atoms with Gasteiger partial charge in [0.05, 0.1) is 13.2 Å². The van der Waals surface area contributed by atoms with Crippen LogP contribution in [0.3, 0.4) is 0 Å². The molecule has 0 aliphatic rings. The third-order valence-electron chi connectivity index (χ3n) is 11.5. The highest BCUT2D eigenvalue weighted by atomic mass is 16.6. The van der Waals surface area contributed by atoms with Crippen molar-refractivity contribution in [2.75, 3.05) is 19.8 Å². The molecule has 0 rings (SSSR count). The predicted molar refractivity (Wildman–Crippen MR) is 247 cm³/mol. The Morgan fingerprint density at radius 1 is 0.429 bits per heavy atom. The number of esters is 1. The molecule has 0 heterocycles. The van der Waals surface area contributed by atoms with Gasteiger partial charge >= 0.3 is 5.97 Å². The Bertz CT molecular complexity index is 792. The summed E-state index contributed by atoms with van der Waals surface area (Å²) in [4.78, 5) is 12.3. The van der Waals surface area contributed by atoms with Gasteiger partial charge < -0.3 is 14.6 Å². The minimum Gasteiger partial charge on any atom is -0.457 e. The molecule has 0 saturated heterocycles. The van der Waals surface area contributed by atoms with Gasteiger partial charge in [0.15, 0.2) is 0 Å². The SMILES string of the molecule is CCCCCCC/C=C\C/C=C\CCCCCCCCCCCCCCCC(=O)OC(CO)COCCCCCCCCCCCCCCCCCCCCC. The minimum atomic E-state index is -0.531. The second-order valence-electron chi connectivity index (χ2n) is 17.2. The Hall–Kier alpha value is -1.13. The van der Waals surface area contributed by atoms with Crippen LogP contribution in [0.5, 0.6) is 0 Å². The van der Waals surface area contributed by atoms with Crippen LogP contribution in [0, 0.1) is 0 Å². The maximum Gasteiger partial charge on any atom is 0.306 e. The first kappa shape index (κ1) is 54.9. The third-order valence-corrected chi connectivity index (χ3v) is 11.5. The number of unbranched alkanes of at least 4 members (excludes halogenated alkanes) is 36. The molecule has 4 nitrogen and oxygen atoms in total. The Morgan fingerprint density at radius 3 is 1.11 bits per heavy atom. The minimum absolute atomic E-state index is 0.166. The monoisotopic (exact) mass is 789 g/mol. The third kappa shape index (κ3) is 47.2. The van der Waals surface area contributed by atoms with Gasteiger partial charge in [0.25, 0.3) is 0 Å². The van der Waals surface area contributed by atoms with Crippen LogP contribution in [0.2, 0.25) is 0 Å². The fraction of sp³-hybridized carbons (Fsp3) is 0.904. The van der Waals surface area contributed by atoms with Gasteiger partial charge in [-0.3, -0.25) is 4.79 Å². The molecule has 0 bridgehead atoms. The molecule has 0 radical (unpaired) electrons. The topological polar surface area (TPSA) is 55.8 Å². The highest BCUT2D eigenvalue weighted by Crippen LogP contribution is 2.16. The molecule has 0 aromatic carbocycles. The predicted octanol–water partition coefficient (Wildman–Crippen LogP) is 17.1. The van der Waals surface area contributed by atoms with E-state index in [9.17, 15) is 9.90 Å². The second-order valence-corrected chi connectivity index (χ2v) is 17.2. The maximum absolute atomic E-state index is 12.3. The summed E-state index contributed by atoms with van der Waals surface area (Å²) in [5.41, 5.74) is 0. The molecule has 1 N–H and O–H groups in total. The zero-order valence-corrected chi connectivity index (χ0v) is 38.2. The second kappa shape index (κ2) is 50.0. The fourth-order valence-corrected chi connectivity index (χ4v) is 7.71. The van der Waals surface area contributed by atoms with Crippen LogP contribution in [-0.4, -0.2) is 37.0 Å². The van der Waals surface area contributed by atoms with Gasteiger partial charge in [-0.05, 0) is 44.9 Å². The van der Waals surface area contributed by atoms with Crippen LogP contribution in [0.4, 0.5) is 0 Å². The lowest BCUT2D eigenvalue weighted by Gasteiger charge is -2.16. The van der Waals surface area contributed by atoms with Crippen molar-refractivity contribution in [2.24, 2.45) is 0 Å². The number of ether oxygens (including phenoxy) is 2. The molecular formula is C52H100O4. The summed E-state index contributed by atoms with van der Waals surface area (Å²) in [6.07, 6.45) is 62.7. The van der Waals surface area contributed by atoms with E-state index in [4.69, 9.17) is 9.47 Å². The molecule has 0 aliphatic heterocycles. The molecule has 0 aliphatic carbocycles. The van der Waals surface area contributed by atoms with Gasteiger partial charge in [-0.15, -0.1) is 0 Å². The molecular weight excluding hydrogens is 689 g/mol. The number of carbonyl (C=O) groups is 1. The van der Waals surface area contributed by atoms with Crippen molar-refractivity contribution in [3.8, 4) is 0 Å². The average Bonchev–Trinajstić information content (AvgIpc) is 3.20. The van der Waals surface area contributed by atoms with Crippen molar-refractivity contribution in [3.05, 3.63) is 24.3 Å². The van der Waals surface area contributed by atoms with Crippen LogP contribution in [-0.2, 0) is 14.3 Å². The highest BCUT2D eigenvalue weighted by Gasteiger charge is 2.13. The first-order valence-electron chi connectivity index (χ1n) is 25.4. The van der Waals surface area contributed by atoms with Gasteiger partial charge in [0.1, 0.15) is 6.10 Å². The lowest BCUT2D eigenvalue weighted by molar-refractivity contribution is -0.154. The molecule has 0 aromatic rings. The van der Waals surface area contributed by atoms with E-state index in [2.05, 4.69) is 38.2 Å². The van der Waals surface area contributed by atoms with Crippen LogP contribution < -0.4 is 0 Å². The van der Waals surface area contributed by atoms with Crippen LogP contribution in [0.25, 0.3) is 0 Å². The highest BCUT2D eigenvalue weighted by molar-refractivity contribution is 5.69. The summed E-state index contributed by atoms with van der Waals surface area (Å²) < 4.78 is 11.2. The smallest absolute Gasteiger partial charge is 0.306 e. The number of aliphatic hydroxyl groups is 1. The summed E-state index contributed by atoms with van der Waals surface area (Å²) in [5, 5.41) is 9.65. The normalized spacial score (nSPS) is 12.4. The number of allylic oxidation sites excluding steroid dienone is 4. The summed E-state index contributed by atoms with van der Waals surface area (Å²) in [6.45, 7) is 5.39. The van der Waals surface area contributed by atoms with E-state index in [0.29, 0.717) is 19.6 Å². The molecule has 0 aromatic heterocycles. The van der Waals surface area contributed by atoms with Crippen molar-refractivity contribution in [1.29, 1.82) is 0 Å². The number of aliphatic hydroxyl groups excluding tert-OH is 1. The molecule has 4 heteroatoms. The lowest BCUT2D eigenvalue weighted by atomic mass is 10.0. The van der Waals surface area contributed by atoms with Crippen molar-refractivity contribution in [3.63, 3.8) is 0 Å². The van der Waals surface area contributed by atoms with E-state index in [1.54, 1.807) is 0 Å². The average molecular weight is 789 g/mol. The number of hydrogen-bond donors (Lipinski definition) is 1. The fourth-order valence-electron chi connectivity index (χ4n) is 7.71. The van der Waals surface area contributed by atoms with Crippen molar-refractivity contribution < 1.29 is 19.4 Å². The zero-order chi connectivity index (χ0) is 40.5. The summed E-state index contributed by atoms with van der Waals surface area (Å²) >= 11 is 0. The van der Waals surface area contributed by atoms with Crippen molar-refractivity contribution >= 4 is 5.97 Å². The van der Waals surface area contributed by atoms with E-state index < -0.39 is 6.10 Å². The Labute approximate surface area is 351 Å². The maximum atomic E-state index is 12.3. The molecule has 1 atom stereocenters. The van der Waals surface area contributed by atoms with Crippen LogP contribution in [0.15, 0.2) is 24.3 Å². The van der Waals surface area contributed by atoms with E-state index in [1.165, 1.54) is 231 Å². The van der Waals surface area contributed by atoms with Gasteiger partial charge in [0.2, 0.25) is 0 Å². The number of hydrogen-bond acceptors (Lipinski definition) is 4. The molecule has 1 unspecified atom stereocenters. The molecule has 0 spiro atoms. The quantitative estimate of drug-likeness (QED) is 0.0379. The van der Waals surface area contributed by atoms with Crippen LogP contribution in [0.1, 0.15) is 277 Å². The molecule has 0 saturated carbocycles. The van der Waals surface area contributed by atoms with Gasteiger partial charge in [-0.25, -0.2) is 0 Å². The summed E-state index contributed by atoms with van der Waals surface area (Å²) in [5.74, 6) is -0.195. The summed E-state index contributed by atoms with van der Waals surface area (Å²) in [7, 11) is 0. The zero-order valence-electron chi connectivity index (χ0n) is 38.2. The van der Waals surface area contributed by atoms with Crippen molar-refractivity contribution in [1.82, 2.24) is 0 Å². The molecule has 56 heavy (non-hydrogen) atoms. The van der Waals surface area contributed by atoms with Gasteiger partial charge in [-0.2, -0.15) is 0 Å². The molecule has 0 fully saturated rings.